The maximum Gasteiger partial charge on any atom is 0.332 e. The Hall–Kier alpha value is -2.48. The minimum atomic E-state index is -0.651. The summed E-state index contributed by atoms with van der Waals surface area (Å²) in [4.78, 5) is 23.0. The van der Waals surface area contributed by atoms with Gasteiger partial charge in [-0.05, 0) is 74.2 Å². The molecule has 202 valence electrons. The van der Waals surface area contributed by atoms with E-state index in [1.807, 2.05) is 30.3 Å². The normalized spacial score (nSPS) is 19.2. The van der Waals surface area contributed by atoms with Gasteiger partial charge in [-0.25, -0.2) is 14.2 Å². The van der Waals surface area contributed by atoms with Gasteiger partial charge in [0, 0.05) is 32.4 Å². The van der Waals surface area contributed by atoms with E-state index in [9.17, 15) is 9.18 Å². The van der Waals surface area contributed by atoms with Gasteiger partial charge in [-0.2, -0.15) is 0 Å². The fourth-order valence-corrected chi connectivity index (χ4v) is 5.80. The summed E-state index contributed by atoms with van der Waals surface area (Å²) in [6.45, 7) is 5.93. The van der Waals surface area contributed by atoms with Crippen LogP contribution in [0.15, 0.2) is 42.5 Å². The number of benzene rings is 2. The van der Waals surface area contributed by atoms with Crippen LogP contribution >= 0.6 is 12.4 Å². The molecule has 0 bridgehead atoms. The number of carbonyl (C=O) groups excluding carboxylic acids is 1. The lowest BCUT2D eigenvalue weighted by molar-refractivity contribution is -0.172. The van der Waals surface area contributed by atoms with Gasteiger partial charge in [-0.3, -0.25) is 0 Å². The minimum Gasteiger partial charge on any atom is -0.457 e. The van der Waals surface area contributed by atoms with E-state index in [-0.39, 0.29) is 42.6 Å². The number of fused-ring (bicyclic) bond motifs is 2. The molecule has 0 saturated carbocycles. The molecule has 0 spiro atoms. The number of esters is 1. The molecule has 0 fully saturated rings. The number of nitrogens with one attached hydrogen (secondary N) is 1. The van der Waals surface area contributed by atoms with Crippen molar-refractivity contribution in [2.75, 3.05) is 33.9 Å². The van der Waals surface area contributed by atoms with Gasteiger partial charge in [0.15, 0.2) is 0 Å². The van der Waals surface area contributed by atoms with Crippen molar-refractivity contribution >= 4 is 29.4 Å². The highest BCUT2D eigenvalue weighted by molar-refractivity contribution is 5.85. The van der Waals surface area contributed by atoms with Crippen LogP contribution in [-0.4, -0.2) is 60.3 Å². The zero-order valence-electron chi connectivity index (χ0n) is 22.3. The molecule has 2 aromatic carbocycles. The first-order valence-electron chi connectivity index (χ1n) is 12.9. The molecule has 1 aliphatic rings. The van der Waals surface area contributed by atoms with Crippen molar-refractivity contribution in [1.82, 2.24) is 14.9 Å². The highest BCUT2D eigenvalue weighted by Gasteiger charge is 2.47. The Labute approximate surface area is 225 Å². The second-order valence-electron chi connectivity index (χ2n) is 10.4. The third-order valence-corrected chi connectivity index (χ3v) is 7.38. The lowest BCUT2D eigenvalue weighted by atomic mass is 9.65. The van der Waals surface area contributed by atoms with E-state index in [1.54, 1.807) is 6.07 Å². The van der Waals surface area contributed by atoms with Gasteiger partial charge >= 0.3 is 5.97 Å². The van der Waals surface area contributed by atoms with Crippen LogP contribution in [0.2, 0.25) is 0 Å². The van der Waals surface area contributed by atoms with Crippen molar-refractivity contribution < 1.29 is 18.7 Å². The van der Waals surface area contributed by atoms with E-state index in [1.165, 1.54) is 13.2 Å². The number of nitrogens with zero attached hydrogens (tertiary/aromatic N) is 2. The first-order valence-corrected chi connectivity index (χ1v) is 12.9. The molecule has 1 aromatic heterocycles. The van der Waals surface area contributed by atoms with Crippen LogP contribution in [0, 0.1) is 11.7 Å². The van der Waals surface area contributed by atoms with Crippen molar-refractivity contribution in [2.24, 2.45) is 5.92 Å². The largest absolute Gasteiger partial charge is 0.457 e. The maximum absolute atomic E-state index is 14.0. The van der Waals surface area contributed by atoms with E-state index in [4.69, 9.17) is 9.47 Å². The van der Waals surface area contributed by atoms with Crippen molar-refractivity contribution in [3.05, 3.63) is 65.2 Å². The molecule has 1 aliphatic carbocycles. The lowest BCUT2D eigenvalue weighted by Crippen LogP contribution is -2.49. The van der Waals surface area contributed by atoms with E-state index < -0.39 is 5.60 Å². The first-order chi connectivity index (χ1) is 17.3. The Kier molecular flexibility index (Phi) is 10.1. The Morgan fingerprint density at radius 2 is 2.03 bits per heavy atom. The van der Waals surface area contributed by atoms with E-state index in [0.29, 0.717) is 19.3 Å². The third kappa shape index (κ3) is 6.89. The molecule has 4 rings (SSSR count). The third-order valence-electron chi connectivity index (χ3n) is 7.38. The number of methoxy groups -OCH3 is 1. The van der Waals surface area contributed by atoms with E-state index >= 15 is 0 Å². The lowest BCUT2D eigenvalue weighted by Gasteiger charge is -2.47. The fraction of sp³-hybridized carbons (Fsp3) is 0.517. The summed E-state index contributed by atoms with van der Waals surface area (Å²) in [7, 11) is 3.61. The predicted octanol–water partition coefficient (Wildman–Crippen LogP) is 5.69. The minimum absolute atomic E-state index is 0. The van der Waals surface area contributed by atoms with Crippen LogP contribution in [0.1, 0.15) is 56.0 Å². The Morgan fingerprint density at radius 1 is 1.24 bits per heavy atom. The number of para-hydroxylation sites is 2. The summed E-state index contributed by atoms with van der Waals surface area (Å²) >= 11 is 0. The van der Waals surface area contributed by atoms with E-state index in [2.05, 4.69) is 35.8 Å². The van der Waals surface area contributed by atoms with Crippen LogP contribution in [0.3, 0.4) is 0 Å². The van der Waals surface area contributed by atoms with Crippen LogP contribution in [-0.2, 0) is 27.1 Å². The van der Waals surface area contributed by atoms with Gasteiger partial charge in [-0.1, -0.05) is 32.0 Å². The number of rotatable bonds is 11. The van der Waals surface area contributed by atoms with Crippen molar-refractivity contribution in [3.63, 3.8) is 0 Å². The second kappa shape index (κ2) is 12.9. The molecule has 0 amide bonds. The standard InChI is InChI=1S/C29H38FN3O3.ClH/c1-20(2)28-23-12-11-22(30)18-21(23)13-14-29(28,36-27(34)19-35-4)15-17-33(3)16-7-10-26-31-24-8-5-6-9-25(24)32-26;/h5-6,8-9,11-12,18,20,28H,7,10,13-17,19H2,1-4H3,(H,31,32);1H. The number of carbonyl (C=O) groups is 1. The van der Waals surface area contributed by atoms with Gasteiger partial charge in [0.1, 0.15) is 23.8 Å². The van der Waals surface area contributed by atoms with Gasteiger partial charge in [0.05, 0.1) is 11.0 Å². The highest BCUT2D eigenvalue weighted by Crippen LogP contribution is 2.48. The molecule has 1 N–H and O–H groups in total. The quantitative estimate of drug-likeness (QED) is 0.322. The zero-order chi connectivity index (χ0) is 25.7. The number of aryl methyl sites for hydroxylation is 2. The Balaban J connectivity index is 0.00000380. The van der Waals surface area contributed by atoms with Gasteiger partial charge in [-0.15, -0.1) is 12.4 Å². The predicted molar refractivity (Wildman–Crippen MR) is 147 cm³/mol. The number of halogens is 2. The summed E-state index contributed by atoms with van der Waals surface area (Å²) in [5, 5.41) is 0. The number of hydrogen-bond acceptors (Lipinski definition) is 5. The van der Waals surface area contributed by atoms with Crippen LogP contribution in [0.5, 0.6) is 0 Å². The Morgan fingerprint density at radius 3 is 2.76 bits per heavy atom. The SMILES string of the molecule is COCC(=O)OC1(CCN(C)CCCc2nc3ccccc3[nH]2)CCc2cc(F)ccc2C1C(C)C.Cl. The molecule has 3 aromatic rings. The van der Waals surface area contributed by atoms with Crippen molar-refractivity contribution in [2.45, 2.75) is 57.5 Å². The highest BCUT2D eigenvalue weighted by atomic mass is 35.5. The number of H-pyrrole nitrogens is 1. The van der Waals surface area contributed by atoms with Gasteiger partial charge in [0.25, 0.3) is 0 Å². The molecule has 8 heteroatoms. The molecule has 6 nitrogen and oxygen atoms in total. The zero-order valence-corrected chi connectivity index (χ0v) is 23.1. The summed E-state index contributed by atoms with van der Waals surface area (Å²) < 4.78 is 25.3. The molecule has 0 aliphatic heterocycles. The molecule has 0 radical (unpaired) electrons. The molecule has 37 heavy (non-hydrogen) atoms. The van der Waals surface area contributed by atoms with E-state index in [0.717, 1.165) is 53.9 Å². The summed E-state index contributed by atoms with van der Waals surface area (Å²) in [5.74, 6) is 0.658. The second-order valence-corrected chi connectivity index (χ2v) is 10.4. The number of hydrogen-bond donors (Lipinski definition) is 1. The fourth-order valence-electron chi connectivity index (χ4n) is 5.80. The van der Waals surface area contributed by atoms with Gasteiger partial charge < -0.3 is 19.4 Å². The van der Waals surface area contributed by atoms with Crippen LogP contribution in [0.25, 0.3) is 11.0 Å². The van der Waals surface area contributed by atoms with Crippen molar-refractivity contribution in [1.29, 1.82) is 0 Å². The molecular weight excluding hydrogens is 493 g/mol. The Bertz CT molecular complexity index is 1150. The number of ether oxygens (including phenoxy) is 2. The summed E-state index contributed by atoms with van der Waals surface area (Å²) in [6, 6.07) is 13.1. The van der Waals surface area contributed by atoms with Crippen LogP contribution in [0.4, 0.5) is 4.39 Å². The van der Waals surface area contributed by atoms with Gasteiger partial charge in [0.2, 0.25) is 0 Å². The first kappa shape index (κ1) is 29.1. The topological polar surface area (TPSA) is 67.5 Å². The molecule has 2 unspecified atom stereocenters. The molecule has 0 saturated heterocycles. The summed E-state index contributed by atoms with van der Waals surface area (Å²) in [6.07, 6.45) is 3.92. The average molecular weight is 532 g/mol. The summed E-state index contributed by atoms with van der Waals surface area (Å²) in [5.41, 5.74) is 3.53. The number of aromatic amines is 1. The smallest absolute Gasteiger partial charge is 0.332 e. The number of imidazole rings is 1. The average Bonchev–Trinajstić information content (AvgIpc) is 3.25. The van der Waals surface area contributed by atoms with Crippen LogP contribution < -0.4 is 0 Å². The molecular formula is C29H39ClFN3O3. The monoisotopic (exact) mass is 531 g/mol. The molecule has 1 heterocycles. The molecule has 2 atom stereocenters. The maximum atomic E-state index is 14.0. The number of aromatic nitrogens is 2. The van der Waals surface area contributed by atoms with Crippen molar-refractivity contribution in [3.8, 4) is 0 Å².